The maximum Gasteiger partial charge on any atom is 0.258 e. The summed E-state index contributed by atoms with van der Waals surface area (Å²) in [6.07, 6.45) is 19.1. The Hall–Kier alpha value is -2.04. The summed E-state index contributed by atoms with van der Waals surface area (Å²) in [6, 6.07) is 20.6. The number of ketones is 1. The Morgan fingerprint density at radius 3 is 1.50 bits per heavy atom. The largest absolute Gasteiger partial charge is 0.424 e. The quantitative estimate of drug-likeness (QED) is 0.0944. The Bertz CT molecular complexity index is 855. The van der Waals surface area contributed by atoms with Crippen LogP contribution in [0.5, 0.6) is 0 Å². The van der Waals surface area contributed by atoms with Crippen molar-refractivity contribution < 1.29 is 14.4 Å². The molecule has 0 amide bonds. The van der Waals surface area contributed by atoms with Gasteiger partial charge in [0.15, 0.2) is 0 Å². The summed E-state index contributed by atoms with van der Waals surface area (Å²) >= 11 is 0. The summed E-state index contributed by atoms with van der Waals surface area (Å²) in [7, 11) is -2.89. The van der Waals surface area contributed by atoms with E-state index in [0.29, 0.717) is 12.2 Å². The number of rotatable bonds is 22. The summed E-state index contributed by atoms with van der Waals surface area (Å²) in [5.74, 6) is 0.432. The third kappa shape index (κ3) is 11.0. The van der Waals surface area contributed by atoms with Crippen molar-refractivity contribution in [1.82, 2.24) is 0 Å². The molecule has 210 valence electrons. The van der Waals surface area contributed by atoms with Crippen molar-refractivity contribution in [3.05, 3.63) is 60.7 Å². The molecular weight excluding hydrogens is 484 g/mol. The number of aldehydes is 1. The summed E-state index contributed by atoms with van der Waals surface area (Å²) in [6.45, 7) is 4.51. The molecule has 0 saturated heterocycles. The molecule has 2 aromatic rings. The number of hydrogen-bond donors (Lipinski definition) is 1. The van der Waals surface area contributed by atoms with Gasteiger partial charge in [0.25, 0.3) is 8.32 Å². The maximum atomic E-state index is 12.2. The Kier molecular flexibility index (Phi) is 15.5. The fourth-order valence-corrected chi connectivity index (χ4v) is 9.43. The highest BCUT2D eigenvalue weighted by Gasteiger charge is 2.49. The molecular formula is C34H52O3Si. The summed E-state index contributed by atoms with van der Waals surface area (Å²) in [5.41, 5.74) is 0. The molecule has 4 heteroatoms. The molecule has 0 heterocycles. The summed E-state index contributed by atoms with van der Waals surface area (Å²) < 4.78 is 0. The highest BCUT2D eigenvalue weighted by molar-refractivity contribution is 6.98. The first-order valence-corrected chi connectivity index (χ1v) is 17.2. The molecule has 3 nitrogen and oxygen atoms in total. The molecule has 0 aliphatic heterocycles. The fourth-order valence-electron chi connectivity index (χ4n) is 5.64. The normalized spacial score (nSPS) is 12.0. The molecule has 0 atom stereocenters. The minimum absolute atomic E-state index is 0.160. The van der Waals surface area contributed by atoms with Crippen molar-refractivity contribution in [1.29, 1.82) is 0 Å². The van der Waals surface area contributed by atoms with Gasteiger partial charge in [-0.1, -0.05) is 139 Å². The summed E-state index contributed by atoms with van der Waals surface area (Å²) in [5, 5.41) is 2.03. The standard InChI is InChI=1S/C34H52O3Si/c1-34(2,38(37,32-25-17-13-18-26-32)33-27-19-14-20-28-33)29-21-11-7-3-5-9-15-23-31(36)24-16-10-6-4-8-12-22-30-35/h13-14,17-20,25-28,30,37H,3-12,15-16,21-24,29H2,1-2H3. The van der Waals surface area contributed by atoms with Crippen molar-refractivity contribution in [2.75, 3.05) is 0 Å². The third-order valence-corrected chi connectivity index (χ3v) is 12.7. The van der Waals surface area contributed by atoms with Crippen LogP contribution in [0.1, 0.15) is 123 Å². The molecule has 0 unspecified atom stereocenters. The average Bonchev–Trinajstić information content (AvgIpc) is 2.94. The monoisotopic (exact) mass is 536 g/mol. The van der Waals surface area contributed by atoms with Crippen LogP contribution in [0.15, 0.2) is 60.7 Å². The Morgan fingerprint density at radius 1 is 0.658 bits per heavy atom. The lowest BCUT2D eigenvalue weighted by Gasteiger charge is -2.41. The summed E-state index contributed by atoms with van der Waals surface area (Å²) in [4.78, 5) is 34.7. The number of carbonyl (C=O) groups excluding carboxylic acids is 2. The second kappa shape index (κ2) is 18.3. The van der Waals surface area contributed by atoms with Crippen LogP contribution in [-0.4, -0.2) is 25.2 Å². The van der Waals surface area contributed by atoms with Gasteiger partial charge in [-0.15, -0.1) is 0 Å². The van der Waals surface area contributed by atoms with Crippen molar-refractivity contribution in [3.8, 4) is 0 Å². The fraction of sp³-hybridized carbons (Fsp3) is 0.588. The van der Waals surface area contributed by atoms with Gasteiger partial charge in [-0.2, -0.15) is 0 Å². The molecule has 0 aliphatic carbocycles. The molecule has 0 bridgehead atoms. The topological polar surface area (TPSA) is 54.4 Å². The van der Waals surface area contributed by atoms with E-state index < -0.39 is 8.32 Å². The van der Waals surface area contributed by atoms with E-state index in [1.165, 1.54) is 38.5 Å². The second-order valence-corrected chi connectivity index (χ2v) is 15.6. The minimum atomic E-state index is -2.89. The highest BCUT2D eigenvalue weighted by Crippen LogP contribution is 2.40. The van der Waals surface area contributed by atoms with E-state index in [-0.39, 0.29) is 5.04 Å². The molecule has 0 aliphatic rings. The van der Waals surface area contributed by atoms with Gasteiger partial charge in [-0.05, 0) is 41.1 Å². The lowest BCUT2D eigenvalue weighted by molar-refractivity contribution is -0.119. The lowest BCUT2D eigenvalue weighted by Crippen LogP contribution is -2.65. The van der Waals surface area contributed by atoms with Crippen LogP contribution in [0.25, 0.3) is 0 Å². The van der Waals surface area contributed by atoms with E-state index in [2.05, 4.69) is 38.1 Å². The third-order valence-electron chi connectivity index (χ3n) is 8.15. The van der Waals surface area contributed by atoms with Crippen LogP contribution in [0.4, 0.5) is 0 Å². The van der Waals surface area contributed by atoms with Crippen LogP contribution >= 0.6 is 0 Å². The van der Waals surface area contributed by atoms with Crippen LogP contribution in [-0.2, 0) is 9.59 Å². The first-order chi connectivity index (χ1) is 18.4. The molecule has 2 rings (SSSR count). The first kappa shape index (κ1) is 32.2. The van der Waals surface area contributed by atoms with Gasteiger partial charge in [0.05, 0.1) is 0 Å². The smallest absolute Gasteiger partial charge is 0.258 e. The average molecular weight is 537 g/mol. The van der Waals surface area contributed by atoms with Crippen LogP contribution < -0.4 is 10.4 Å². The van der Waals surface area contributed by atoms with Crippen molar-refractivity contribution >= 4 is 30.8 Å². The van der Waals surface area contributed by atoms with E-state index in [0.717, 1.165) is 80.9 Å². The van der Waals surface area contributed by atoms with Gasteiger partial charge in [0.1, 0.15) is 12.1 Å². The van der Waals surface area contributed by atoms with Crippen LogP contribution in [0.3, 0.4) is 0 Å². The zero-order valence-corrected chi connectivity index (χ0v) is 25.1. The van der Waals surface area contributed by atoms with E-state index in [1.54, 1.807) is 0 Å². The van der Waals surface area contributed by atoms with Gasteiger partial charge in [-0.25, -0.2) is 0 Å². The highest BCUT2D eigenvalue weighted by atomic mass is 28.4. The van der Waals surface area contributed by atoms with Crippen LogP contribution in [0.2, 0.25) is 5.04 Å². The number of carbonyl (C=O) groups is 2. The van der Waals surface area contributed by atoms with E-state index in [9.17, 15) is 14.4 Å². The molecule has 0 fully saturated rings. The second-order valence-electron chi connectivity index (χ2n) is 11.7. The number of benzene rings is 2. The molecule has 1 N–H and O–H groups in total. The van der Waals surface area contributed by atoms with Gasteiger partial charge in [0, 0.05) is 19.3 Å². The SMILES string of the molecule is CC(C)(CCCCCCCCCC(=O)CCCCCCCCC=O)[Si](O)(c1ccccc1)c1ccccc1. The molecule has 38 heavy (non-hydrogen) atoms. The predicted octanol–water partition coefficient (Wildman–Crippen LogP) is 7.92. The molecule has 0 saturated carbocycles. The van der Waals surface area contributed by atoms with E-state index in [4.69, 9.17) is 0 Å². The Labute approximate surface area is 233 Å². The minimum Gasteiger partial charge on any atom is -0.424 e. The van der Waals surface area contributed by atoms with Crippen molar-refractivity contribution in [2.24, 2.45) is 0 Å². The predicted molar refractivity (Wildman–Crippen MR) is 164 cm³/mol. The van der Waals surface area contributed by atoms with Gasteiger partial charge >= 0.3 is 0 Å². The molecule has 0 spiro atoms. The zero-order chi connectivity index (χ0) is 27.5. The van der Waals surface area contributed by atoms with E-state index in [1.807, 2.05) is 36.4 Å². The van der Waals surface area contributed by atoms with Crippen LogP contribution in [0, 0.1) is 0 Å². The van der Waals surface area contributed by atoms with Crippen molar-refractivity contribution in [2.45, 2.75) is 128 Å². The van der Waals surface area contributed by atoms with Gasteiger partial charge in [0.2, 0.25) is 0 Å². The van der Waals surface area contributed by atoms with Gasteiger partial charge in [-0.3, -0.25) is 4.79 Å². The maximum absolute atomic E-state index is 12.2. The lowest BCUT2D eigenvalue weighted by atomic mass is 10.0. The molecule has 0 radical (unpaired) electrons. The Morgan fingerprint density at radius 2 is 1.05 bits per heavy atom. The Balaban J connectivity index is 1.59. The van der Waals surface area contributed by atoms with Gasteiger partial charge < -0.3 is 9.59 Å². The first-order valence-electron chi connectivity index (χ1n) is 15.2. The van der Waals surface area contributed by atoms with Crippen molar-refractivity contribution in [3.63, 3.8) is 0 Å². The number of Topliss-reactive ketones (excluding diaryl/α,β-unsaturated/α-hetero) is 1. The number of unbranched alkanes of at least 4 members (excludes halogenated alkanes) is 12. The zero-order valence-electron chi connectivity index (χ0n) is 24.1. The number of hydrogen-bond acceptors (Lipinski definition) is 3. The molecule has 2 aromatic carbocycles. The molecule has 0 aromatic heterocycles. The van der Waals surface area contributed by atoms with E-state index >= 15 is 0 Å².